The van der Waals surface area contributed by atoms with E-state index < -0.39 is 0 Å². The molecule has 1 aromatic heterocycles. The zero-order chi connectivity index (χ0) is 10.9. The van der Waals surface area contributed by atoms with Crippen LogP contribution >= 0.6 is 0 Å². The molecule has 0 aliphatic heterocycles. The molecule has 15 heavy (non-hydrogen) atoms. The van der Waals surface area contributed by atoms with Gasteiger partial charge in [-0.3, -0.25) is 4.68 Å². The molecule has 1 aromatic rings. The zero-order valence-electron chi connectivity index (χ0n) is 9.45. The van der Waals surface area contributed by atoms with E-state index >= 15 is 0 Å². The van der Waals surface area contributed by atoms with E-state index in [2.05, 4.69) is 34.2 Å². The van der Waals surface area contributed by atoms with Crippen LogP contribution in [0.3, 0.4) is 0 Å². The molecule has 4 nitrogen and oxygen atoms in total. The molecule has 0 unspecified atom stereocenters. The van der Waals surface area contributed by atoms with Crippen molar-refractivity contribution >= 4 is 0 Å². The summed E-state index contributed by atoms with van der Waals surface area (Å²) in [6, 6.07) is 0. The molecule has 0 fully saturated rings. The van der Waals surface area contributed by atoms with Crippen LogP contribution in [0.4, 0.5) is 0 Å². The second kappa shape index (κ2) is 7.02. The fourth-order valence-corrected chi connectivity index (χ4v) is 1.19. The second-order valence-corrected chi connectivity index (χ2v) is 3.28. The van der Waals surface area contributed by atoms with Gasteiger partial charge in [-0.15, -0.1) is 11.8 Å². The Morgan fingerprint density at radius 3 is 3.13 bits per heavy atom. The first-order valence-corrected chi connectivity index (χ1v) is 5.35. The van der Waals surface area contributed by atoms with Crippen molar-refractivity contribution in [2.75, 3.05) is 6.54 Å². The van der Waals surface area contributed by atoms with E-state index in [1.807, 2.05) is 11.6 Å². The lowest BCUT2D eigenvalue weighted by molar-refractivity contribution is 0.599. The summed E-state index contributed by atoms with van der Waals surface area (Å²) in [5, 5.41) is 7.59. The van der Waals surface area contributed by atoms with Gasteiger partial charge in [0.15, 0.2) is 5.82 Å². The lowest BCUT2D eigenvalue weighted by Crippen LogP contribution is -2.15. The Labute approximate surface area is 91.1 Å². The van der Waals surface area contributed by atoms with E-state index in [4.69, 9.17) is 0 Å². The van der Waals surface area contributed by atoms with E-state index in [-0.39, 0.29) is 0 Å². The van der Waals surface area contributed by atoms with Gasteiger partial charge in [0.05, 0.1) is 13.1 Å². The lowest BCUT2D eigenvalue weighted by Gasteiger charge is -1.97. The van der Waals surface area contributed by atoms with E-state index in [1.54, 1.807) is 6.33 Å². The topological polar surface area (TPSA) is 42.7 Å². The molecule has 0 spiro atoms. The minimum absolute atomic E-state index is 0.750. The third kappa shape index (κ3) is 4.61. The van der Waals surface area contributed by atoms with E-state index in [0.717, 1.165) is 38.3 Å². The van der Waals surface area contributed by atoms with Crippen molar-refractivity contribution < 1.29 is 0 Å². The van der Waals surface area contributed by atoms with Crippen LogP contribution in [-0.4, -0.2) is 21.3 Å². The summed E-state index contributed by atoms with van der Waals surface area (Å²) in [4.78, 5) is 4.21. The first-order chi connectivity index (χ1) is 7.36. The van der Waals surface area contributed by atoms with Gasteiger partial charge in [0.1, 0.15) is 6.33 Å². The molecule has 0 aliphatic carbocycles. The Morgan fingerprint density at radius 2 is 2.40 bits per heavy atom. The molecule has 1 N–H and O–H groups in total. The van der Waals surface area contributed by atoms with E-state index in [9.17, 15) is 0 Å². The predicted molar refractivity (Wildman–Crippen MR) is 60.1 cm³/mol. The first-order valence-electron chi connectivity index (χ1n) is 5.35. The zero-order valence-corrected chi connectivity index (χ0v) is 9.45. The third-order valence-electron chi connectivity index (χ3n) is 1.94. The van der Waals surface area contributed by atoms with Crippen LogP contribution < -0.4 is 5.32 Å². The molecule has 82 valence electrons. The van der Waals surface area contributed by atoms with Gasteiger partial charge in [-0.1, -0.05) is 6.92 Å². The van der Waals surface area contributed by atoms with Crippen LogP contribution in [0.1, 0.15) is 32.5 Å². The molecule has 0 aliphatic rings. The molecular formula is C11H18N4. The van der Waals surface area contributed by atoms with Gasteiger partial charge in [0.2, 0.25) is 0 Å². The molecule has 0 saturated heterocycles. The highest BCUT2D eigenvalue weighted by atomic mass is 15.3. The molecule has 0 amide bonds. The van der Waals surface area contributed by atoms with Crippen molar-refractivity contribution in [1.82, 2.24) is 20.1 Å². The number of nitrogens with one attached hydrogen (secondary N) is 1. The van der Waals surface area contributed by atoms with Crippen LogP contribution in [-0.2, 0) is 13.1 Å². The number of hydrogen-bond donors (Lipinski definition) is 1. The molecule has 0 aromatic carbocycles. The Kier molecular flexibility index (Phi) is 5.49. The van der Waals surface area contributed by atoms with Crippen molar-refractivity contribution in [3.8, 4) is 11.8 Å². The summed E-state index contributed by atoms with van der Waals surface area (Å²) in [5.74, 6) is 6.72. The van der Waals surface area contributed by atoms with Crippen LogP contribution in [0.5, 0.6) is 0 Å². The minimum atomic E-state index is 0.750. The smallest absolute Gasteiger partial charge is 0.164 e. The van der Waals surface area contributed by atoms with Crippen LogP contribution in [0, 0.1) is 11.8 Å². The Morgan fingerprint density at radius 1 is 1.53 bits per heavy atom. The van der Waals surface area contributed by atoms with Gasteiger partial charge in [0.25, 0.3) is 0 Å². The Hall–Kier alpha value is -1.34. The second-order valence-electron chi connectivity index (χ2n) is 3.28. The lowest BCUT2D eigenvalue weighted by atomic mass is 10.4. The van der Waals surface area contributed by atoms with E-state index in [0.29, 0.717) is 0 Å². The summed E-state index contributed by atoms with van der Waals surface area (Å²) in [5.41, 5.74) is 0. The monoisotopic (exact) mass is 206 g/mol. The van der Waals surface area contributed by atoms with Gasteiger partial charge >= 0.3 is 0 Å². The number of hydrogen-bond acceptors (Lipinski definition) is 3. The van der Waals surface area contributed by atoms with Crippen LogP contribution in [0.25, 0.3) is 0 Å². The average Bonchev–Trinajstić information content (AvgIpc) is 2.67. The largest absolute Gasteiger partial charge is 0.310 e. The van der Waals surface area contributed by atoms with Gasteiger partial charge in [-0.2, -0.15) is 5.10 Å². The normalized spacial score (nSPS) is 9.73. The van der Waals surface area contributed by atoms with E-state index in [1.165, 1.54) is 0 Å². The minimum Gasteiger partial charge on any atom is -0.310 e. The fourth-order valence-electron chi connectivity index (χ4n) is 1.19. The average molecular weight is 206 g/mol. The highest BCUT2D eigenvalue weighted by molar-refractivity contribution is 4.94. The number of aryl methyl sites for hydroxylation is 1. The van der Waals surface area contributed by atoms with Gasteiger partial charge < -0.3 is 5.32 Å². The number of aromatic nitrogens is 3. The predicted octanol–water partition coefficient (Wildman–Crippen LogP) is 1.19. The quantitative estimate of drug-likeness (QED) is 0.561. The molecular weight excluding hydrogens is 188 g/mol. The number of nitrogens with zero attached hydrogens (tertiary/aromatic N) is 3. The molecule has 0 bridgehead atoms. The molecule has 1 rings (SSSR count). The summed E-state index contributed by atoms with van der Waals surface area (Å²) in [7, 11) is 0. The number of rotatable bonds is 6. The third-order valence-corrected chi connectivity index (χ3v) is 1.94. The van der Waals surface area contributed by atoms with Gasteiger partial charge in [-0.05, 0) is 19.9 Å². The molecule has 0 radical (unpaired) electrons. The molecule has 0 atom stereocenters. The summed E-state index contributed by atoms with van der Waals surface area (Å²) in [6.45, 7) is 6.57. The maximum Gasteiger partial charge on any atom is 0.164 e. The molecule has 4 heteroatoms. The maximum atomic E-state index is 4.33. The van der Waals surface area contributed by atoms with Crippen LogP contribution in [0.15, 0.2) is 6.33 Å². The first kappa shape index (κ1) is 11.7. The van der Waals surface area contributed by atoms with Crippen molar-refractivity contribution in [3.63, 3.8) is 0 Å². The highest BCUT2D eigenvalue weighted by Gasteiger charge is 1.98. The Bertz CT molecular complexity index is 332. The van der Waals surface area contributed by atoms with Crippen molar-refractivity contribution in [1.29, 1.82) is 0 Å². The summed E-state index contributed by atoms with van der Waals surface area (Å²) in [6.07, 6.45) is 3.73. The Balaban J connectivity index is 2.31. The standard InChI is InChI=1S/C11H18N4/c1-3-5-6-8-15-10-13-11(14-15)9-12-7-4-2/h10,12H,4,6-9H2,1-2H3. The van der Waals surface area contributed by atoms with Crippen LogP contribution in [0.2, 0.25) is 0 Å². The fraction of sp³-hybridized carbons (Fsp3) is 0.636. The van der Waals surface area contributed by atoms with Gasteiger partial charge in [-0.25, -0.2) is 4.98 Å². The highest BCUT2D eigenvalue weighted by Crippen LogP contribution is 1.91. The summed E-state index contributed by atoms with van der Waals surface area (Å²) < 4.78 is 1.84. The maximum absolute atomic E-state index is 4.33. The molecule has 1 heterocycles. The SMILES string of the molecule is CC#CCCn1cnc(CNCCC)n1. The van der Waals surface area contributed by atoms with Gasteiger partial charge in [0, 0.05) is 6.42 Å². The van der Waals surface area contributed by atoms with Crippen molar-refractivity contribution in [3.05, 3.63) is 12.2 Å². The van der Waals surface area contributed by atoms with Crippen molar-refractivity contribution in [2.45, 2.75) is 39.8 Å². The molecule has 0 saturated carbocycles. The summed E-state index contributed by atoms with van der Waals surface area (Å²) >= 11 is 0. The van der Waals surface area contributed by atoms with Crippen molar-refractivity contribution in [2.24, 2.45) is 0 Å².